The summed E-state index contributed by atoms with van der Waals surface area (Å²) in [4.78, 5) is 21.5. The van der Waals surface area contributed by atoms with E-state index >= 15 is 0 Å². The molecule has 30 heavy (non-hydrogen) atoms. The first-order chi connectivity index (χ1) is 14.7. The number of thioether (sulfide) groups is 1. The van der Waals surface area contributed by atoms with Gasteiger partial charge in [0.05, 0.1) is 36.4 Å². The first-order valence-corrected chi connectivity index (χ1v) is 10.5. The van der Waals surface area contributed by atoms with Gasteiger partial charge in [-0.25, -0.2) is 14.6 Å². The molecule has 0 unspecified atom stereocenters. The van der Waals surface area contributed by atoms with Crippen LogP contribution in [0.25, 0.3) is 11.0 Å². The first kappa shape index (κ1) is 21.5. The molecule has 0 atom stereocenters. The molecule has 3 rings (SSSR count). The third-order valence-electron chi connectivity index (χ3n) is 4.21. The van der Waals surface area contributed by atoms with Gasteiger partial charge in [-0.2, -0.15) is 10.4 Å². The molecule has 0 aliphatic carbocycles. The highest BCUT2D eigenvalue weighted by Crippen LogP contribution is 2.24. The monoisotopic (exact) mass is 425 g/mol. The molecule has 2 N–H and O–H groups in total. The standard InChI is InChI=1S/C20H23N7O2S/c1-3-30-20-25-17(22-8-10-29-2)16-13-24-27(18(16)26-20)9-7-23-19(28)15-6-4-5-14(11-15)12-21/h4-6,11,13H,3,7-10H2,1-2H3,(H,23,28)(H,22,25,26). The van der Waals surface area contributed by atoms with E-state index < -0.39 is 0 Å². The van der Waals surface area contributed by atoms with E-state index in [0.717, 1.165) is 17.0 Å². The maximum atomic E-state index is 12.3. The number of fused-ring (bicyclic) bond motifs is 1. The number of ether oxygens (including phenoxy) is 1. The number of benzene rings is 1. The number of hydrogen-bond acceptors (Lipinski definition) is 8. The van der Waals surface area contributed by atoms with Crippen molar-refractivity contribution in [2.24, 2.45) is 0 Å². The van der Waals surface area contributed by atoms with Crippen molar-refractivity contribution in [2.45, 2.75) is 18.6 Å². The van der Waals surface area contributed by atoms with E-state index in [0.29, 0.717) is 48.2 Å². The van der Waals surface area contributed by atoms with Gasteiger partial charge in [0, 0.05) is 25.8 Å². The Morgan fingerprint density at radius 3 is 2.97 bits per heavy atom. The number of nitrogens with zero attached hydrogens (tertiary/aromatic N) is 5. The number of aromatic nitrogens is 4. The maximum absolute atomic E-state index is 12.3. The second kappa shape index (κ2) is 10.6. The minimum Gasteiger partial charge on any atom is -0.383 e. The summed E-state index contributed by atoms with van der Waals surface area (Å²) in [7, 11) is 1.65. The van der Waals surface area contributed by atoms with Gasteiger partial charge in [-0.3, -0.25) is 4.79 Å². The van der Waals surface area contributed by atoms with Crippen LogP contribution >= 0.6 is 11.8 Å². The molecule has 0 aliphatic rings. The van der Waals surface area contributed by atoms with Crippen LogP contribution in [0.15, 0.2) is 35.6 Å². The van der Waals surface area contributed by atoms with Crippen molar-refractivity contribution in [3.63, 3.8) is 0 Å². The van der Waals surface area contributed by atoms with Crippen LogP contribution in [0.5, 0.6) is 0 Å². The number of nitriles is 1. The first-order valence-electron chi connectivity index (χ1n) is 9.53. The molecule has 1 aromatic carbocycles. The number of methoxy groups -OCH3 is 1. The summed E-state index contributed by atoms with van der Waals surface area (Å²) < 4.78 is 6.85. The lowest BCUT2D eigenvalue weighted by atomic mass is 10.1. The highest BCUT2D eigenvalue weighted by Gasteiger charge is 2.13. The van der Waals surface area contributed by atoms with E-state index in [1.807, 2.05) is 13.0 Å². The number of carbonyl (C=O) groups excluding carboxylic acids is 1. The van der Waals surface area contributed by atoms with Gasteiger partial charge in [0.25, 0.3) is 5.91 Å². The Bertz CT molecular complexity index is 1060. The van der Waals surface area contributed by atoms with E-state index in [1.54, 1.807) is 54.0 Å². The van der Waals surface area contributed by atoms with Gasteiger partial charge >= 0.3 is 0 Å². The summed E-state index contributed by atoms with van der Waals surface area (Å²) in [5, 5.41) is 21.0. The van der Waals surface area contributed by atoms with E-state index in [1.165, 1.54) is 0 Å². The lowest BCUT2D eigenvalue weighted by Gasteiger charge is -2.09. The van der Waals surface area contributed by atoms with Gasteiger partial charge in [-0.05, 0) is 24.0 Å². The third kappa shape index (κ3) is 5.25. The summed E-state index contributed by atoms with van der Waals surface area (Å²) in [6.45, 7) is 4.07. The van der Waals surface area contributed by atoms with Gasteiger partial charge < -0.3 is 15.4 Å². The largest absolute Gasteiger partial charge is 0.383 e. The maximum Gasteiger partial charge on any atom is 0.251 e. The fourth-order valence-electron chi connectivity index (χ4n) is 2.81. The van der Waals surface area contributed by atoms with Crippen molar-refractivity contribution in [1.29, 1.82) is 5.26 Å². The van der Waals surface area contributed by atoms with Gasteiger partial charge in [0.15, 0.2) is 10.8 Å². The topological polar surface area (TPSA) is 118 Å². The van der Waals surface area contributed by atoms with Crippen LogP contribution in [-0.2, 0) is 11.3 Å². The molecule has 9 nitrogen and oxygen atoms in total. The third-order valence-corrected chi connectivity index (χ3v) is 4.94. The zero-order valence-corrected chi connectivity index (χ0v) is 17.7. The number of nitrogens with one attached hydrogen (secondary N) is 2. The zero-order valence-electron chi connectivity index (χ0n) is 16.9. The normalized spacial score (nSPS) is 10.7. The van der Waals surface area contributed by atoms with Crippen LogP contribution in [0.3, 0.4) is 0 Å². The molecule has 10 heteroatoms. The van der Waals surface area contributed by atoms with Gasteiger partial charge in [-0.15, -0.1) is 0 Å². The Balaban J connectivity index is 1.72. The van der Waals surface area contributed by atoms with Crippen LogP contribution in [-0.4, -0.2) is 58.2 Å². The van der Waals surface area contributed by atoms with Gasteiger partial charge in [0.2, 0.25) is 0 Å². The fourth-order valence-corrected chi connectivity index (χ4v) is 3.37. The predicted octanol–water partition coefficient (Wildman–Crippen LogP) is 2.30. The number of anilines is 1. The average Bonchev–Trinajstić information content (AvgIpc) is 3.17. The lowest BCUT2D eigenvalue weighted by molar-refractivity contribution is 0.0952. The average molecular weight is 426 g/mol. The Morgan fingerprint density at radius 2 is 2.20 bits per heavy atom. The van der Waals surface area contributed by atoms with E-state index in [-0.39, 0.29) is 5.91 Å². The summed E-state index contributed by atoms with van der Waals surface area (Å²) in [6, 6.07) is 8.64. The highest BCUT2D eigenvalue weighted by atomic mass is 32.2. The molecular formula is C20H23N7O2S. The molecule has 2 heterocycles. The van der Waals surface area contributed by atoms with Crippen molar-refractivity contribution in [2.75, 3.05) is 37.9 Å². The minimum absolute atomic E-state index is 0.234. The van der Waals surface area contributed by atoms with Crippen LogP contribution in [0.4, 0.5) is 5.82 Å². The van der Waals surface area contributed by atoms with Crippen LogP contribution < -0.4 is 10.6 Å². The minimum atomic E-state index is -0.234. The molecule has 0 radical (unpaired) electrons. The second-order valence-electron chi connectivity index (χ2n) is 6.26. The summed E-state index contributed by atoms with van der Waals surface area (Å²) in [5.74, 6) is 1.34. The Hall–Kier alpha value is -3.16. The quantitative estimate of drug-likeness (QED) is 0.289. The number of rotatable bonds is 10. The molecule has 0 bridgehead atoms. The second-order valence-corrected chi connectivity index (χ2v) is 7.49. The molecule has 2 aromatic heterocycles. The number of hydrogen-bond donors (Lipinski definition) is 2. The van der Waals surface area contributed by atoms with E-state index in [4.69, 9.17) is 10.00 Å². The van der Waals surface area contributed by atoms with Crippen molar-refractivity contribution in [3.05, 3.63) is 41.6 Å². The van der Waals surface area contributed by atoms with Gasteiger partial charge in [0.1, 0.15) is 5.82 Å². The van der Waals surface area contributed by atoms with E-state index in [9.17, 15) is 4.79 Å². The smallest absolute Gasteiger partial charge is 0.251 e. The SMILES string of the molecule is CCSc1nc(NCCOC)c2cnn(CCNC(=O)c3cccc(C#N)c3)c2n1. The molecule has 0 spiro atoms. The molecular weight excluding hydrogens is 402 g/mol. The molecule has 0 saturated carbocycles. The lowest BCUT2D eigenvalue weighted by Crippen LogP contribution is -2.27. The Labute approximate surface area is 178 Å². The molecule has 0 saturated heterocycles. The summed E-state index contributed by atoms with van der Waals surface area (Å²) in [5.41, 5.74) is 1.61. The Kier molecular flexibility index (Phi) is 7.59. The Morgan fingerprint density at radius 1 is 1.33 bits per heavy atom. The fraction of sp³-hybridized carbons (Fsp3) is 0.350. The van der Waals surface area contributed by atoms with Crippen LogP contribution in [0.2, 0.25) is 0 Å². The molecule has 3 aromatic rings. The van der Waals surface area contributed by atoms with E-state index in [2.05, 4.69) is 25.7 Å². The number of amides is 1. The molecule has 0 fully saturated rings. The van der Waals surface area contributed by atoms with Crippen LogP contribution in [0, 0.1) is 11.3 Å². The van der Waals surface area contributed by atoms with Crippen molar-refractivity contribution < 1.29 is 9.53 Å². The highest BCUT2D eigenvalue weighted by molar-refractivity contribution is 7.99. The van der Waals surface area contributed by atoms with Crippen LogP contribution in [0.1, 0.15) is 22.8 Å². The summed E-state index contributed by atoms with van der Waals surface area (Å²) >= 11 is 1.55. The zero-order chi connectivity index (χ0) is 21.3. The van der Waals surface area contributed by atoms with Crippen molar-refractivity contribution in [3.8, 4) is 6.07 Å². The molecule has 0 aliphatic heterocycles. The van der Waals surface area contributed by atoms with Crippen molar-refractivity contribution >= 4 is 34.5 Å². The molecule has 156 valence electrons. The predicted molar refractivity (Wildman–Crippen MR) is 116 cm³/mol. The van der Waals surface area contributed by atoms with Crippen molar-refractivity contribution in [1.82, 2.24) is 25.1 Å². The summed E-state index contributed by atoms with van der Waals surface area (Å²) in [6.07, 6.45) is 1.73. The molecule has 1 amide bonds. The van der Waals surface area contributed by atoms with Gasteiger partial charge in [-0.1, -0.05) is 24.8 Å². The number of carbonyl (C=O) groups is 1.